The van der Waals surface area contributed by atoms with Crippen LogP contribution in [0.15, 0.2) is 24.3 Å². The topological polar surface area (TPSA) is 17.8 Å². The summed E-state index contributed by atoms with van der Waals surface area (Å²) < 4.78 is 28.0. The van der Waals surface area contributed by atoms with Crippen LogP contribution >= 0.6 is 11.6 Å². The molecule has 1 aromatic heterocycles. The second-order valence-corrected chi connectivity index (χ2v) is 5.27. The monoisotopic (exact) mass is 282 g/mol. The van der Waals surface area contributed by atoms with E-state index in [1.165, 1.54) is 29.7 Å². The molecule has 100 valence electrons. The Morgan fingerprint density at radius 3 is 2.58 bits per heavy atom. The van der Waals surface area contributed by atoms with Crippen LogP contribution in [0.25, 0.3) is 5.69 Å². The molecule has 0 radical (unpaired) electrons. The van der Waals surface area contributed by atoms with Crippen LogP contribution in [0.5, 0.6) is 0 Å². The SMILES string of the molecule is Fc1ccc(-n2nc(C3CCCC3)cc2Cl)c(F)c1. The van der Waals surface area contributed by atoms with Crippen molar-refractivity contribution in [1.29, 1.82) is 0 Å². The van der Waals surface area contributed by atoms with Crippen LogP contribution in [0.4, 0.5) is 8.78 Å². The van der Waals surface area contributed by atoms with E-state index < -0.39 is 11.6 Å². The number of nitrogens with zero attached hydrogens (tertiary/aromatic N) is 2. The first-order valence-corrected chi connectivity index (χ1v) is 6.74. The van der Waals surface area contributed by atoms with Crippen molar-refractivity contribution in [2.45, 2.75) is 31.6 Å². The highest BCUT2D eigenvalue weighted by Crippen LogP contribution is 2.35. The molecule has 19 heavy (non-hydrogen) atoms. The number of halogens is 3. The molecule has 0 spiro atoms. The van der Waals surface area contributed by atoms with Crippen LogP contribution in [0.1, 0.15) is 37.3 Å². The Balaban J connectivity index is 2.00. The second kappa shape index (κ2) is 4.93. The van der Waals surface area contributed by atoms with E-state index in [0.717, 1.165) is 24.6 Å². The lowest BCUT2D eigenvalue weighted by molar-refractivity contribution is 0.572. The van der Waals surface area contributed by atoms with E-state index in [1.807, 2.05) is 0 Å². The molecule has 0 bridgehead atoms. The summed E-state index contributed by atoms with van der Waals surface area (Å²) in [6.07, 6.45) is 4.58. The minimum Gasteiger partial charge on any atom is -0.219 e. The molecule has 1 aliphatic rings. The Kier molecular flexibility index (Phi) is 3.27. The van der Waals surface area contributed by atoms with E-state index >= 15 is 0 Å². The molecule has 0 aliphatic heterocycles. The highest BCUT2D eigenvalue weighted by molar-refractivity contribution is 6.29. The molecule has 0 unspecified atom stereocenters. The van der Waals surface area contributed by atoms with Crippen molar-refractivity contribution in [2.24, 2.45) is 0 Å². The normalized spacial score (nSPS) is 16.2. The molecular weight excluding hydrogens is 270 g/mol. The fourth-order valence-electron chi connectivity index (χ4n) is 2.62. The first-order chi connectivity index (χ1) is 9.15. The highest BCUT2D eigenvalue weighted by atomic mass is 35.5. The predicted octanol–water partition coefficient (Wildman–Crippen LogP) is 4.46. The van der Waals surface area contributed by atoms with Gasteiger partial charge in [0.15, 0.2) is 5.82 Å². The van der Waals surface area contributed by atoms with Crippen molar-refractivity contribution in [3.63, 3.8) is 0 Å². The van der Waals surface area contributed by atoms with E-state index in [2.05, 4.69) is 5.10 Å². The Labute approximate surface area is 115 Å². The quantitative estimate of drug-likeness (QED) is 0.795. The van der Waals surface area contributed by atoms with Crippen LogP contribution in [0.2, 0.25) is 5.15 Å². The molecule has 1 saturated carbocycles. The number of benzene rings is 1. The number of hydrogen-bond acceptors (Lipinski definition) is 1. The Bertz CT molecular complexity index is 603. The van der Waals surface area contributed by atoms with Crippen molar-refractivity contribution in [2.75, 3.05) is 0 Å². The van der Waals surface area contributed by atoms with Gasteiger partial charge in [0.1, 0.15) is 16.7 Å². The van der Waals surface area contributed by atoms with Gasteiger partial charge < -0.3 is 0 Å². The van der Waals surface area contributed by atoms with Crippen molar-refractivity contribution in [3.05, 3.63) is 46.7 Å². The zero-order chi connectivity index (χ0) is 13.4. The first kappa shape index (κ1) is 12.6. The van der Waals surface area contributed by atoms with E-state index in [1.54, 1.807) is 6.07 Å². The van der Waals surface area contributed by atoms with Gasteiger partial charge in [-0.15, -0.1) is 0 Å². The number of rotatable bonds is 2. The summed E-state index contributed by atoms with van der Waals surface area (Å²) in [5.41, 5.74) is 1.07. The molecule has 5 heteroatoms. The predicted molar refractivity (Wildman–Crippen MR) is 69.7 cm³/mol. The Hall–Kier alpha value is -1.42. The number of aromatic nitrogens is 2. The van der Waals surface area contributed by atoms with Gasteiger partial charge in [0.25, 0.3) is 0 Å². The molecule has 2 aromatic rings. The van der Waals surface area contributed by atoms with Gasteiger partial charge >= 0.3 is 0 Å². The zero-order valence-corrected chi connectivity index (χ0v) is 11.0. The Morgan fingerprint density at radius 1 is 1.16 bits per heavy atom. The van der Waals surface area contributed by atoms with Gasteiger partial charge in [0, 0.05) is 12.0 Å². The third-order valence-corrected chi connectivity index (χ3v) is 3.87. The molecule has 3 rings (SSSR count). The van der Waals surface area contributed by atoms with Crippen LogP contribution in [-0.4, -0.2) is 9.78 Å². The standard InChI is InChI=1S/C14H13ClF2N2/c15-14-8-12(9-3-1-2-4-9)18-19(14)13-6-5-10(16)7-11(13)17/h5-9H,1-4H2. The summed E-state index contributed by atoms with van der Waals surface area (Å²) in [5.74, 6) is -0.870. The molecule has 0 N–H and O–H groups in total. The maximum absolute atomic E-state index is 13.7. The average Bonchev–Trinajstić information content (AvgIpc) is 2.98. The molecule has 1 aromatic carbocycles. The third-order valence-electron chi connectivity index (χ3n) is 3.60. The van der Waals surface area contributed by atoms with Crippen LogP contribution < -0.4 is 0 Å². The van der Waals surface area contributed by atoms with Crippen LogP contribution in [-0.2, 0) is 0 Å². The lowest BCUT2D eigenvalue weighted by Gasteiger charge is -2.06. The fraction of sp³-hybridized carbons (Fsp3) is 0.357. The zero-order valence-electron chi connectivity index (χ0n) is 10.2. The maximum Gasteiger partial charge on any atom is 0.151 e. The van der Waals surface area contributed by atoms with Crippen molar-refractivity contribution in [3.8, 4) is 5.69 Å². The summed E-state index contributed by atoms with van der Waals surface area (Å²) in [5, 5.41) is 4.73. The van der Waals surface area contributed by atoms with Gasteiger partial charge in [-0.2, -0.15) is 5.10 Å². The number of hydrogen-bond donors (Lipinski definition) is 0. The summed E-state index contributed by atoms with van der Waals surface area (Å²) in [6, 6.07) is 5.16. The molecular formula is C14H13ClF2N2. The third kappa shape index (κ3) is 2.37. The fourth-order valence-corrected chi connectivity index (χ4v) is 2.86. The summed E-state index contributed by atoms with van der Waals surface area (Å²) >= 11 is 6.11. The highest BCUT2D eigenvalue weighted by Gasteiger charge is 2.22. The van der Waals surface area contributed by atoms with E-state index in [-0.39, 0.29) is 5.69 Å². The van der Waals surface area contributed by atoms with E-state index in [4.69, 9.17) is 11.6 Å². The minimum absolute atomic E-state index is 0.177. The average molecular weight is 283 g/mol. The molecule has 1 fully saturated rings. The molecule has 0 amide bonds. The molecule has 1 aliphatic carbocycles. The molecule has 0 saturated heterocycles. The summed E-state index contributed by atoms with van der Waals surface area (Å²) in [4.78, 5) is 0. The van der Waals surface area contributed by atoms with Crippen LogP contribution in [0.3, 0.4) is 0 Å². The van der Waals surface area contributed by atoms with Gasteiger partial charge in [0.05, 0.1) is 5.69 Å². The lowest BCUT2D eigenvalue weighted by Crippen LogP contribution is -2.02. The van der Waals surface area contributed by atoms with Crippen LogP contribution in [0, 0.1) is 11.6 Å². The van der Waals surface area contributed by atoms with E-state index in [0.29, 0.717) is 11.1 Å². The van der Waals surface area contributed by atoms with Crippen molar-refractivity contribution < 1.29 is 8.78 Å². The molecule has 2 nitrogen and oxygen atoms in total. The van der Waals surface area contributed by atoms with Gasteiger partial charge in [-0.25, -0.2) is 13.5 Å². The van der Waals surface area contributed by atoms with Gasteiger partial charge in [-0.05, 0) is 31.0 Å². The van der Waals surface area contributed by atoms with Gasteiger partial charge in [-0.1, -0.05) is 24.4 Å². The Morgan fingerprint density at radius 2 is 1.89 bits per heavy atom. The van der Waals surface area contributed by atoms with E-state index in [9.17, 15) is 8.78 Å². The second-order valence-electron chi connectivity index (χ2n) is 4.88. The molecule has 1 heterocycles. The van der Waals surface area contributed by atoms with Crippen molar-refractivity contribution in [1.82, 2.24) is 9.78 Å². The smallest absolute Gasteiger partial charge is 0.151 e. The first-order valence-electron chi connectivity index (χ1n) is 6.36. The van der Waals surface area contributed by atoms with Crippen molar-refractivity contribution >= 4 is 11.6 Å². The minimum atomic E-state index is -0.664. The summed E-state index contributed by atoms with van der Waals surface area (Å²) in [7, 11) is 0. The maximum atomic E-state index is 13.7. The van der Waals surface area contributed by atoms with Gasteiger partial charge in [0.2, 0.25) is 0 Å². The lowest BCUT2D eigenvalue weighted by atomic mass is 10.1. The van der Waals surface area contributed by atoms with Gasteiger partial charge in [-0.3, -0.25) is 0 Å². The summed E-state index contributed by atoms with van der Waals surface area (Å²) in [6.45, 7) is 0. The largest absolute Gasteiger partial charge is 0.219 e. The molecule has 0 atom stereocenters.